The highest BCUT2D eigenvalue weighted by Gasteiger charge is 2.20. The lowest BCUT2D eigenvalue weighted by atomic mass is 10.1. The molecular formula is C19H17FN2O2S2. The number of H-pyrrole nitrogens is 1. The normalized spacial score (nSPS) is 10.9. The Labute approximate surface area is 158 Å². The lowest BCUT2D eigenvalue weighted by molar-refractivity contribution is 0.101. The number of carbonyl (C=O) groups excluding carboxylic acids is 2. The van der Waals surface area contributed by atoms with Crippen molar-refractivity contribution in [1.29, 1.82) is 0 Å². The smallest absolute Gasteiger partial charge is 0.189 e. The molecule has 0 saturated heterocycles. The van der Waals surface area contributed by atoms with Crippen LogP contribution in [0.1, 0.15) is 39.0 Å². The molecule has 0 unspecified atom stereocenters. The molecule has 7 heteroatoms. The first-order chi connectivity index (χ1) is 12.4. The SMILES string of the molecule is CC(=O)c1c(C)[nH]c(C(=O)CSc2nc(-c3ccc(F)cc3)cs2)c1C. The van der Waals surface area contributed by atoms with Crippen molar-refractivity contribution in [2.75, 3.05) is 5.75 Å². The van der Waals surface area contributed by atoms with Crippen molar-refractivity contribution in [3.05, 3.63) is 58.0 Å². The van der Waals surface area contributed by atoms with E-state index >= 15 is 0 Å². The largest absolute Gasteiger partial charge is 0.355 e. The second kappa shape index (κ2) is 7.55. The minimum absolute atomic E-state index is 0.0492. The van der Waals surface area contributed by atoms with Crippen LogP contribution in [0.5, 0.6) is 0 Å². The van der Waals surface area contributed by atoms with Crippen LogP contribution in [0.25, 0.3) is 11.3 Å². The number of rotatable bonds is 6. The first-order valence-corrected chi connectivity index (χ1v) is 9.81. The van der Waals surface area contributed by atoms with E-state index in [2.05, 4.69) is 9.97 Å². The number of halogens is 1. The highest BCUT2D eigenvalue weighted by molar-refractivity contribution is 8.01. The van der Waals surface area contributed by atoms with Crippen LogP contribution < -0.4 is 0 Å². The Morgan fingerprint density at radius 2 is 1.92 bits per heavy atom. The third kappa shape index (κ3) is 3.78. The number of nitrogens with zero attached hydrogens (tertiary/aromatic N) is 1. The molecule has 2 aromatic heterocycles. The van der Waals surface area contributed by atoms with Crippen LogP contribution in [0.2, 0.25) is 0 Å². The monoisotopic (exact) mass is 388 g/mol. The number of hydrogen-bond acceptors (Lipinski definition) is 5. The molecule has 0 bridgehead atoms. The second-order valence-corrected chi connectivity index (χ2v) is 7.98. The highest BCUT2D eigenvalue weighted by Crippen LogP contribution is 2.29. The fourth-order valence-corrected chi connectivity index (χ4v) is 4.54. The molecule has 0 amide bonds. The predicted molar refractivity (Wildman–Crippen MR) is 103 cm³/mol. The quantitative estimate of drug-likeness (QED) is 0.473. The van der Waals surface area contributed by atoms with Gasteiger partial charge in [0.15, 0.2) is 15.9 Å². The van der Waals surface area contributed by atoms with Crippen molar-refractivity contribution in [1.82, 2.24) is 9.97 Å². The lowest BCUT2D eigenvalue weighted by Crippen LogP contribution is -2.05. The maximum absolute atomic E-state index is 13.0. The molecule has 0 saturated carbocycles. The summed E-state index contributed by atoms with van der Waals surface area (Å²) in [4.78, 5) is 31.7. The van der Waals surface area contributed by atoms with Gasteiger partial charge in [-0.3, -0.25) is 9.59 Å². The number of carbonyl (C=O) groups is 2. The summed E-state index contributed by atoms with van der Waals surface area (Å²) in [6.45, 7) is 5.08. The second-order valence-electron chi connectivity index (χ2n) is 5.90. The number of ketones is 2. The van der Waals surface area contributed by atoms with Crippen molar-refractivity contribution in [3.8, 4) is 11.3 Å². The molecule has 0 aliphatic heterocycles. The summed E-state index contributed by atoms with van der Waals surface area (Å²) < 4.78 is 13.8. The van der Waals surface area contributed by atoms with Crippen molar-refractivity contribution in [2.45, 2.75) is 25.1 Å². The van der Waals surface area contributed by atoms with Gasteiger partial charge in [-0.15, -0.1) is 11.3 Å². The van der Waals surface area contributed by atoms with Gasteiger partial charge in [-0.05, 0) is 50.6 Å². The van der Waals surface area contributed by atoms with Crippen LogP contribution in [0.4, 0.5) is 4.39 Å². The Morgan fingerprint density at radius 1 is 1.23 bits per heavy atom. The Hall–Kier alpha value is -2.25. The van der Waals surface area contributed by atoms with Gasteiger partial charge < -0.3 is 4.98 Å². The fraction of sp³-hybridized carbons (Fsp3) is 0.211. The van der Waals surface area contributed by atoms with Gasteiger partial charge in [0.1, 0.15) is 5.82 Å². The summed E-state index contributed by atoms with van der Waals surface area (Å²) >= 11 is 2.80. The number of aryl methyl sites for hydroxylation is 1. The van der Waals surface area contributed by atoms with Crippen molar-refractivity contribution in [3.63, 3.8) is 0 Å². The maximum atomic E-state index is 13.0. The molecule has 0 fully saturated rings. The summed E-state index contributed by atoms with van der Waals surface area (Å²) in [5.74, 6) is -0.173. The Kier molecular flexibility index (Phi) is 5.38. The van der Waals surface area contributed by atoms with E-state index in [0.29, 0.717) is 16.8 Å². The van der Waals surface area contributed by atoms with Crippen LogP contribution in [-0.2, 0) is 0 Å². The van der Waals surface area contributed by atoms with Gasteiger partial charge in [0.25, 0.3) is 0 Å². The highest BCUT2D eigenvalue weighted by atomic mass is 32.2. The van der Waals surface area contributed by atoms with Crippen LogP contribution in [0.3, 0.4) is 0 Å². The lowest BCUT2D eigenvalue weighted by Gasteiger charge is -2.00. The number of nitrogens with one attached hydrogen (secondary N) is 1. The molecule has 3 aromatic rings. The third-order valence-electron chi connectivity index (χ3n) is 4.02. The molecule has 1 aromatic carbocycles. The van der Waals surface area contributed by atoms with E-state index in [1.807, 2.05) is 5.38 Å². The topological polar surface area (TPSA) is 62.8 Å². The maximum Gasteiger partial charge on any atom is 0.189 e. The molecule has 26 heavy (non-hydrogen) atoms. The Morgan fingerprint density at radius 3 is 2.54 bits per heavy atom. The van der Waals surface area contributed by atoms with Crippen molar-refractivity contribution < 1.29 is 14.0 Å². The van der Waals surface area contributed by atoms with Crippen LogP contribution >= 0.6 is 23.1 Å². The van der Waals surface area contributed by atoms with Gasteiger partial charge in [0.05, 0.1) is 17.1 Å². The van der Waals surface area contributed by atoms with E-state index in [1.54, 1.807) is 26.0 Å². The zero-order valence-electron chi connectivity index (χ0n) is 14.6. The molecular weight excluding hydrogens is 371 g/mol. The molecule has 134 valence electrons. The standard InChI is InChI=1S/C19H17FN2O2S2/c1-10-17(12(3)23)11(2)21-18(10)16(24)9-26-19-22-15(8-25-19)13-4-6-14(20)7-5-13/h4-8,21H,9H2,1-3H3. The molecule has 0 aliphatic rings. The molecule has 1 N–H and O–H groups in total. The zero-order chi connectivity index (χ0) is 18.8. The first kappa shape index (κ1) is 18.5. The molecule has 3 rings (SSSR count). The molecule has 4 nitrogen and oxygen atoms in total. The average Bonchev–Trinajstić information content (AvgIpc) is 3.18. The summed E-state index contributed by atoms with van der Waals surface area (Å²) in [5.41, 5.74) is 4.09. The molecule has 0 atom stereocenters. The van der Waals surface area contributed by atoms with Gasteiger partial charge in [-0.2, -0.15) is 0 Å². The number of benzene rings is 1. The Balaban J connectivity index is 1.70. The van der Waals surface area contributed by atoms with Gasteiger partial charge >= 0.3 is 0 Å². The molecule has 0 aliphatic carbocycles. The molecule has 0 spiro atoms. The predicted octanol–water partition coefficient (Wildman–Crippen LogP) is 5.07. The number of aromatic amines is 1. The van der Waals surface area contributed by atoms with Crippen LogP contribution in [0.15, 0.2) is 34.0 Å². The van der Waals surface area contributed by atoms with Crippen molar-refractivity contribution >= 4 is 34.7 Å². The van der Waals surface area contributed by atoms with Gasteiger partial charge in [-0.25, -0.2) is 9.37 Å². The zero-order valence-corrected chi connectivity index (χ0v) is 16.2. The van der Waals surface area contributed by atoms with E-state index in [9.17, 15) is 14.0 Å². The first-order valence-electron chi connectivity index (χ1n) is 7.94. The number of thiazole rings is 1. The summed E-state index contributed by atoms with van der Waals surface area (Å²) in [6, 6.07) is 6.15. The number of hydrogen-bond donors (Lipinski definition) is 1. The average molecular weight is 388 g/mol. The van der Waals surface area contributed by atoms with Gasteiger partial charge in [0, 0.05) is 22.2 Å². The van der Waals surface area contributed by atoms with E-state index < -0.39 is 0 Å². The Bertz CT molecular complexity index is 974. The summed E-state index contributed by atoms with van der Waals surface area (Å²) in [5, 5.41) is 1.89. The van der Waals surface area contributed by atoms with Crippen LogP contribution in [0, 0.1) is 19.7 Å². The molecule has 2 heterocycles. The van der Waals surface area contributed by atoms with E-state index in [1.165, 1.54) is 42.2 Å². The van der Waals surface area contributed by atoms with Crippen molar-refractivity contribution in [2.24, 2.45) is 0 Å². The summed E-state index contributed by atoms with van der Waals surface area (Å²) in [7, 11) is 0. The van der Waals surface area contributed by atoms with E-state index in [0.717, 1.165) is 21.3 Å². The summed E-state index contributed by atoms with van der Waals surface area (Å²) in [6.07, 6.45) is 0. The fourth-order valence-electron chi connectivity index (χ4n) is 2.83. The minimum Gasteiger partial charge on any atom is -0.355 e. The van der Waals surface area contributed by atoms with E-state index in [4.69, 9.17) is 0 Å². The number of aromatic nitrogens is 2. The van der Waals surface area contributed by atoms with Crippen LogP contribution in [-0.4, -0.2) is 27.3 Å². The van der Waals surface area contributed by atoms with Gasteiger partial charge in [0.2, 0.25) is 0 Å². The number of thioether (sulfide) groups is 1. The van der Waals surface area contributed by atoms with E-state index in [-0.39, 0.29) is 23.1 Å². The number of Topliss-reactive ketones (excluding diaryl/α,β-unsaturated/α-hetero) is 2. The molecule has 0 radical (unpaired) electrons. The van der Waals surface area contributed by atoms with Gasteiger partial charge in [-0.1, -0.05) is 11.8 Å². The minimum atomic E-state index is -0.286. The third-order valence-corrected chi connectivity index (χ3v) is 6.04.